The molecule has 1 aliphatic rings. The Balaban J connectivity index is 1.84. The number of rotatable bonds is 2. The van der Waals surface area contributed by atoms with Gasteiger partial charge in [-0.05, 0) is 25.7 Å². The summed E-state index contributed by atoms with van der Waals surface area (Å²) in [6.07, 6.45) is 2.92. The standard InChI is InChI=1S/C13H22N4O2S/c1-13(2,3)10-16-17-12(20-10)15-11(19)14-8-4-6-9(18)7-5-8/h8-9,18H,4-7H2,1-3H3,(H2,14,15,17,19). The van der Waals surface area contributed by atoms with E-state index < -0.39 is 0 Å². The number of aromatic nitrogens is 2. The van der Waals surface area contributed by atoms with E-state index in [9.17, 15) is 9.90 Å². The highest BCUT2D eigenvalue weighted by atomic mass is 32.1. The van der Waals surface area contributed by atoms with Crippen LogP contribution in [-0.2, 0) is 5.41 Å². The average molecular weight is 298 g/mol. The Bertz CT molecular complexity index is 461. The van der Waals surface area contributed by atoms with Crippen molar-refractivity contribution in [2.45, 2.75) is 64.0 Å². The molecule has 2 rings (SSSR count). The van der Waals surface area contributed by atoms with Crippen LogP contribution in [0.4, 0.5) is 9.93 Å². The zero-order chi connectivity index (χ0) is 14.8. The third-order valence-corrected chi connectivity index (χ3v) is 4.58. The highest BCUT2D eigenvalue weighted by Gasteiger charge is 2.22. The second-order valence-electron chi connectivity index (χ2n) is 6.27. The highest BCUT2D eigenvalue weighted by molar-refractivity contribution is 7.15. The Morgan fingerprint density at radius 3 is 2.45 bits per heavy atom. The van der Waals surface area contributed by atoms with Gasteiger partial charge in [0.25, 0.3) is 0 Å². The molecule has 112 valence electrons. The first kappa shape index (κ1) is 15.2. The molecule has 2 amide bonds. The van der Waals surface area contributed by atoms with Gasteiger partial charge >= 0.3 is 6.03 Å². The fourth-order valence-corrected chi connectivity index (χ4v) is 2.91. The normalized spacial score (nSPS) is 23.4. The Labute approximate surface area is 123 Å². The van der Waals surface area contributed by atoms with Crippen molar-refractivity contribution in [3.8, 4) is 0 Å². The van der Waals surface area contributed by atoms with Gasteiger partial charge in [-0.1, -0.05) is 32.1 Å². The van der Waals surface area contributed by atoms with E-state index in [1.165, 1.54) is 11.3 Å². The molecular weight excluding hydrogens is 276 g/mol. The van der Waals surface area contributed by atoms with Crippen molar-refractivity contribution < 1.29 is 9.90 Å². The van der Waals surface area contributed by atoms with Crippen molar-refractivity contribution in [2.75, 3.05) is 5.32 Å². The predicted octanol–water partition coefficient (Wildman–Crippen LogP) is 2.26. The Morgan fingerprint density at radius 1 is 1.25 bits per heavy atom. The lowest BCUT2D eigenvalue weighted by atomic mass is 9.93. The van der Waals surface area contributed by atoms with Crippen LogP contribution in [0.15, 0.2) is 0 Å². The molecule has 0 radical (unpaired) electrons. The van der Waals surface area contributed by atoms with Crippen molar-refractivity contribution in [3.63, 3.8) is 0 Å². The van der Waals surface area contributed by atoms with Gasteiger partial charge in [-0.3, -0.25) is 5.32 Å². The maximum atomic E-state index is 11.9. The fourth-order valence-electron chi connectivity index (χ4n) is 2.12. The molecule has 1 aromatic heterocycles. The zero-order valence-corrected chi connectivity index (χ0v) is 13.0. The van der Waals surface area contributed by atoms with E-state index in [0.29, 0.717) is 5.13 Å². The van der Waals surface area contributed by atoms with Gasteiger partial charge in [-0.15, -0.1) is 10.2 Å². The van der Waals surface area contributed by atoms with E-state index in [1.54, 1.807) is 0 Å². The van der Waals surface area contributed by atoms with E-state index in [4.69, 9.17) is 0 Å². The molecule has 20 heavy (non-hydrogen) atoms. The largest absolute Gasteiger partial charge is 0.393 e. The molecule has 6 nitrogen and oxygen atoms in total. The van der Waals surface area contributed by atoms with Gasteiger partial charge in [0.15, 0.2) is 0 Å². The van der Waals surface area contributed by atoms with Crippen LogP contribution in [-0.4, -0.2) is 33.5 Å². The van der Waals surface area contributed by atoms with Gasteiger partial charge in [0, 0.05) is 11.5 Å². The third kappa shape index (κ3) is 4.14. The molecule has 1 heterocycles. The topological polar surface area (TPSA) is 87.1 Å². The van der Waals surface area contributed by atoms with Crippen LogP contribution in [0.1, 0.15) is 51.5 Å². The molecule has 1 aliphatic carbocycles. The molecule has 0 aliphatic heterocycles. The number of aliphatic hydroxyl groups is 1. The third-order valence-electron chi connectivity index (χ3n) is 3.32. The molecule has 1 saturated carbocycles. The van der Waals surface area contributed by atoms with Crippen LogP contribution in [0.3, 0.4) is 0 Å². The van der Waals surface area contributed by atoms with Gasteiger partial charge in [0.2, 0.25) is 5.13 Å². The monoisotopic (exact) mass is 298 g/mol. The van der Waals surface area contributed by atoms with Crippen LogP contribution in [0.5, 0.6) is 0 Å². The minimum atomic E-state index is -0.247. The Kier molecular flexibility index (Phi) is 4.59. The first-order chi connectivity index (χ1) is 9.34. The number of hydrogen-bond donors (Lipinski definition) is 3. The van der Waals surface area contributed by atoms with Crippen LogP contribution < -0.4 is 10.6 Å². The zero-order valence-electron chi connectivity index (χ0n) is 12.1. The van der Waals surface area contributed by atoms with Crippen molar-refractivity contribution in [1.29, 1.82) is 0 Å². The van der Waals surface area contributed by atoms with Gasteiger partial charge in [0.05, 0.1) is 6.10 Å². The summed E-state index contributed by atoms with van der Waals surface area (Å²) in [5.41, 5.74) is -0.0619. The summed E-state index contributed by atoms with van der Waals surface area (Å²) in [6, 6.07) is -0.114. The lowest BCUT2D eigenvalue weighted by molar-refractivity contribution is 0.118. The molecule has 0 aromatic carbocycles. The summed E-state index contributed by atoms with van der Waals surface area (Å²) in [4.78, 5) is 11.9. The molecule has 1 aromatic rings. The summed E-state index contributed by atoms with van der Waals surface area (Å²) in [7, 11) is 0. The minimum Gasteiger partial charge on any atom is -0.393 e. The van der Waals surface area contributed by atoms with Gasteiger partial charge in [-0.25, -0.2) is 4.79 Å². The average Bonchev–Trinajstić information content (AvgIpc) is 2.80. The number of anilines is 1. The lowest BCUT2D eigenvalue weighted by Gasteiger charge is -2.25. The molecule has 0 spiro atoms. The van der Waals surface area contributed by atoms with Crippen molar-refractivity contribution in [1.82, 2.24) is 15.5 Å². The van der Waals surface area contributed by atoms with Crippen LogP contribution >= 0.6 is 11.3 Å². The molecule has 3 N–H and O–H groups in total. The second-order valence-corrected chi connectivity index (χ2v) is 7.24. The number of hydrogen-bond acceptors (Lipinski definition) is 5. The van der Waals surface area contributed by atoms with Crippen molar-refractivity contribution in [2.24, 2.45) is 0 Å². The summed E-state index contributed by atoms with van der Waals surface area (Å²) in [6.45, 7) is 6.18. The van der Waals surface area contributed by atoms with Gasteiger partial charge < -0.3 is 10.4 Å². The molecule has 7 heteroatoms. The highest BCUT2D eigenvalue weighted by Crippen LogP contribution is 2.27. The molecule has 0 unspecified atom stereocenters. The predicted molar refractivity (Wildman–Crippen MR) is 79.0 cm³/mol. The summed E-state index contributed by atoms with van der Waals surface area (Å²) < 4.78 is 0. The van der Waals surface area contributed by atoms with E-state index in [0.717, 1.165) is 30.7 Å². The van der Waals surface area contributed by atoms with Gasteiger partial charge in [-0.2, -0.15) is 0 Å². The van der Waals surface area contributed by atoms with Crippen molar-refractivity contribution >= 4 is 22.5 Å². The number of amides is 2. The van der Waals surface area contributed by atoms with E-state index in [2.05, 4.69) is 41.6 Å². The van der Waals surface area contributed by atoms with Crippen molar-refractivity contribution in [3.05, 3.63) is 5.01 Å². The van der Waals surface area contributed by atoms with E-state index in [-0.39, 0.29) is 23.6 Å². The quantitative estimate of drug-likeness (QED) is 0.781. The number of aliphatic hydroxyl groups excluding tert-OH is 1. The SMILES string of the molecule is CC(C)(C)c1nnc(NC(=O)NC2CCC(O)CC2)s1. The van der Waals surface area contributed by atoms with E-state index >= 15 is 0 Å². The number of urea groups is 1. The smallest absolute Gasteiger partial charge is 0.321 e. The summed E-state index contributed by atoms with van der Waals surface area (Å²) in [5.74, 6) is 0. The number of nitrogens with zero attached hydrogens (tertiary/aromatic N) is 2. The molecule has 1 fully saturated rings. The molecule has 0 bridgehead atoms. The Hall–Kier alpha value is -1.21. The van der Waals surface area contributed by atoms with Crippen LogP contribution in [0.2, 0.25) is 0 Å². The maximum Gasteiger partial charge on any atom is 0.321 e. The Morgan fingerprint density at radius 2 is 1.90 bits per heavy atom. The first-order valence-electron chi connectivity index (χ1n) is 6.94. The van der Waals surface area contributed by atoms with Crippen LogP contribution in [0.25, 0.3) is 0 Å². The molecular formula is C13H22N4O2S. The maximum absolute atomic E-state index is 11.9. The number of nitrogens with one attached hydrogen (secondary N) is 2. The number of carbonyl (C=O) groups excluding carboxylic acids is 1. The second kappa shape index (κ2) is 6.05. The van der Waals surface area contributed by atoms with Gasteiger partial charge in [0.1, 0.15) is 5.01 Å². The summed E-state index contributed by atoms with van der Waals surface area (Å²) >= 11 is 1.40. The lowest BCUT2D eigenvalue weighted by Crippen LogP contribution is -2.40. The van der Waals surface area contributed by atoms with Crippen LogP contribution in [0, 0.1) is 0 Å². The molecule has 0 saturated heterocycles. The fraction of sp³-hybridized carbons (Fsp3) is 0.769. The number of carbonyl (C=O) groups is 1. The van der Waals surface area contributed by atoms with E-state index in [1.807, 2.05) is 0 Å². The summed E-state index contributed by atoms with van der Waals surface area (Å²) in [5, 5.41) is 24.6. The minimum absolute atomic E-state index is 0.0619. The molecule has 0 atom stereocenters. The first-order valence-corrected chi connectivity index (χ1v) is 7.76.